The van der Waals surface area contributed by atoms with Gasteiger partial charge in [0.1, 0.15) is 0 Å². The Morgan fingerprint density at radius 3 is 1.50 bits per heavy atom. The molecule has 4 heteroatoms. The van der Waals surface area contributed by atoms with E-state index in [1.165, 1.54) is 35.9 Å². The lowest BCUT2D eigenvalue weighted by molar-refractivity contribution is 1.13. The molecule has 0 atom stereocenters. The molecule has 0 rings (SSSR count). The van der Waals surface area contributed by atoms with Crippen LogP contribution in [0.3, 0.4) is 0 Å². The molecule has 0 nitrogen and oxygen atoms in total. The van der Waals surface area contributed by atoms with Crippen molar-refractivity contribution in [1.82, 2.24) is 0 Å². The van der Waals surface area contributed by atoms with Gasteiger partial charge in [-0.25, -0.2) is 0 Å². The molecule has 84 valence electrons. The normalized spacial score (nSPS) is 11.3. The molecular weight excluding hydrogens is 248 g/mol. The van der Waals surface area contributed by atoms with Crippen molar-refractivity contribution in [2.45, 2.75) is 12.8 Å². The van der Waals surface area contributed by atoms with Crippen LogP contribution in [-0.2, 0) is 0 Å². The molecular formula is C10H20S4. The molecule has 14 heavy (non-hydrogen) atoms. The van der Waals surface area contributed by atoms with Crippen LogP contribution in [0, 0.1) is 0 Å². The zero-order valence-corrected chi connectivity index (χ0v) is 12.3. The molecule has 0 aliphatic heterocycles. The summed E-state index contributed by atoms with van der Waals surface area (Å²) in [5.41, 5.74) is 0. The molecule has 0 amide bonds. The second-order valence-electron chi connectivity index (χ2n) is 2.71. The highest BCUT2D eigenvalue weighted by Gasteiger charge is 1.86. The SMILES string of the molecule is CSCCCS/C=C/SCCCSC. The molecule has 0 aromatic rings. The predicted molar refractivity (Wildman–Crippen MR) is 80.1 cm³/mol. The third kappa shape index (κ3) is 13.1. The van der Waals surface area contributed by atoms with Crippen LogP contribution < -0.4 is 0 Å². The molecule has 0 fully saturated rings. The molecule has 0 aliphatic rings. The van der Waals surface area contributed by atoms with E-state index in [4.69, 9.17) is 0 Å². The number of thioether (sulfide) groups is 4. The van der Waals surface area contributed by atoms with Gasteiger partial charge in [0.25, 0.3) is 0 Å². The van der Waals surface area contributed by atoms with Crippen LogP contribution in [0.25, 0.3) is 0 Å². The Kier molecular flexibility index (Phi) is 15.3. The minimum absolute atomic E-state index is 1.27. The Labute approximate surface area is 106 Å². The molecule has 0 aromatic carbocycles. The first-order valence-corrected chi connectivity index (χ1v) is 9.66. The third-order valence-electron chi connectivity index (χ3n) is 1.47. The van der Waals surface area contributed by atoms with Gasteiger partial charge in [-0.05, 0) is 59.2 Å². The van der Waals surface area contributed by atoms with Gasteiger partial charge in [-0.3, -0.25) is 0 Å². The summed E-state index contributed by atoms with van der Waals surface area (Å²) in [6.45, 7) is 0. The number of hydrogen-bond acceptors (Lipinski definition) is 4. The first kappa shape index (κ1) is 15.1. The molecule has 0 bridgehead atoms. The summed E-state index contributed by atoms with van der Waals surface area (Å²) in [7, 11) is 0. The van der Waals surface area contributed by atoms with Crippen molar-refractivity contribution in [2.24, 2.45) is 0 Å². The van der Waals surface area contributed by atoms with Gasteiger partial charge in [0.15, 0.2) is 0 Å². The van der Waals surface area contributed by atoms with Gasteiger partial charge in [-0.15, -0.1) is 23.5 Å². The van der Waals surface area contributed by atoms with Crippen LogP contribution in [0.4, 0.5) is 0 Å². The van der Waals surface area contributed by atoms with Gasteiger partial charge < -0.3 is 0 Å². The van der Waals surface area contributed by atoms with Crippen LogP contribution in [0.1, 0.15) is 12.8 Å². The Morgan fingerprint density at radius 2 is 1.14 bits per heavy atom. The fourth-order valence-electron chi connectivity index (χ4n) is 0.788. The van der Waals surface area contributed by atoms with Crippen molar-refractivity contribution < 1.29 is 0 Å². The lowest BCUT2D eigenvalue weighted by Gasteiger charge is -1.95. The van der Waals surface area contributed by atoms with Gasteiger partial charge in [0, 0.05) is 0 Å². The third-order valence-corrected chi connectivity index (χ3v) is 4.74. The molecule has 0 aliphatic carbocycles. The largest absolute Gasteiger partial charge is 0.165 e. The van der Waals surface area contributed by atoms with E-state index in [2.05, 4.69) is 23.3 Å². The average molecular weight is 269 g/mol. The van der Waals surface area contributed by atoms with E-state index in [0.29, 0.717) is 0 Å². The van der Waals surface area contributed by atoms with Crippen LogP contribution in [0.2, 0.25) is 0 Å². The second kappa shape index (κ2) is 14.1. The number of rotatable bonds is 10. The topological polar surface area (TPSA) is 0 Å². The monoisotopic (exact) mass is 268 g/mol. The molecule has 0 N–H and O–H groups in total. The highest BCUT2D eigenvalue weighted by molar-refractivity contribution is 8.05. The second-order valence-corrected chi connectivity index (χ2v) is 6.71. The summed E-state index contributed by atoms with van der Waals surface area (Å²) >= 11 is 7.74. The fraction of sp³-hybridized carbons (Fsp3) is 0.800. The summed E-state index contributed by atoms with van der Waals surface area (Å²) in [5, 5.41) is 4.48. The summed E-state index contributed by atoms with van der Waals surface area (Å²) in [4.78, 5) is 0. The van der Waals surface area contributed by atoms with Crippen molar-refractivity contribution in [2.75, 3.05) is 35.5 Å². The molecule has 0 radical (unpaired) electrons. The van der Waals surface area contributed by atoms with Gasteiger partial charge >= 0.3 is 0 Å². The Balaban J connectivity index is 2.96. The van der Waals surface area contributed by atoms with E-state index in [-0.39, 0.29) is 0 Å². The van der Waals surface area contributed by atoms with E-state index in [0.717, 1.165) is 0 Å². The first-order chi connectivity index (χ1) is 6.91. The molecule has 0 aromatic heterocycles. The van der Waals surface area contributed by atoms with Crippen molar-refractivity contribution in [1.29, 1.82) is 0 Å². The van der Waals surface area contributed by atoms with Gasteiger partial charge in [-0.1, -0.05) is 0 Å². The van der Waals surface area contributed by atoms with Gasteiger partial charge in [0.2, 0.25) is 0 Å². The average Bonchev–Trinajstić information content (AvgIpc) is 2.21. The highest BCUT2D eigenvalue weighted by Crippen LogP contribution is 2.12. The smallest absolute Gasteiger partial charge is 0.00179 e. The zero-order valence-electron chi connectivity index (χ0n) is 9.03. The fourth-order valence-corrected chi connectivity index (χ4v) is 3.54. The summed E-state index contributed by atoms with van der Waals surface area (Å²) < 4.78 is 0. The standard InChI is InChI=1S/C10H20S4/c1-11-5-3-7-13-9-10-14-8-4-6-12-2/h9-10H,3-8H2,1-2H3/b10-9+. The maximum atomic E-state index is 2.24. The minimum atomic E-state index is 1.27. The van der Waals surface area contributed by atoms with E-state index in [9.17, 15) is 0 Å². The maximum absolute atomic E-state index is 2.24. The quantitative estimate of drug-likeness (QED) is 0.537. The molecule has 0 spiro atoms. The maximum Gasteiger partial charge on any atom is -0.00179 e. The van der Waals surface area contributed by atoms with Crippen molar-refractivity contribution in [3.8, 4) is 0 Å². The van der Waals surface area contributed by atoms with Gasteiger partial charge in [0.05, 0.1) is 0 Å². The number of hydrogen-bond donors (Lipinski definition) is 0. The zero-order chi connectivity index (χ0) is 10.5. The van der Waals surface area contributed by atoms with Crippen LogP contribution >= 0.6 is 47.0 Å². The van der Waals surface area contributed by atoms with Crippen molar-refractivity contribution in [3.05, 3.63) is 10.8 Å². The Bertz CT molecular complexity index is 111. The van der Waals surface area contributed by atoms with Crippen LogP contribution in [-0.4, -0.2) is 35.5 Å². The van der Waals surface area contributed by atoms with E-state index in [1.54, 1.807) is 0 Å². The first-order valence-electron chi connectivity index (χ1n) is 4.78. The predicted octanol–water partition coefficient (Wildman–Crippen LogP) is 4.43. The lowest BCUT2D eigenvalue weighted by Crippen LogP contribution is -1.80. The van der Waals surface area contributed by atoms with Crippen LogP contribution in [0.15, 0.2) is 10.8 Å². The van der Waals surface area contributed by atoms with Crippen molar-refractivity contribution >= 4 is 47.0 Å². The Morgan fingerprint density at radius 1 is 0.714 bits per heavy atom. The van der Waals surface area contributed by atoms with Crippen LogP contribution in [0.5, 0.6) is 0 Å². The van der Waals surface area contributed by atoms with Crippen molar-refractivity contribution in [3.63, 3.8) is 0 Å². The minimum Gasteiger partial charge on any atom is -0.165 e. The summed E-state index contributed by atoms with van der Waals surface area (Å²) in [6, 6.07) is 0. The van der Waals surface area contributed by atoms with E-state index >= 15 is 0 Å². The summed E-state index contributed by atoms with van der Waals surface area (Å²) in [5.74, 6) is 5.12. The summed E-state index contributed by atoms with van der Waals surface area (Å²) in [6.07, 6.45) is 6.99. The Hall–Kier alpha value is 1.14. The highest BCUT2D eigenvalue weighted by atomic mass is 32.2. The molecule has 0 saturated carbocycles. The van der Waals surface area contributed by atoms with E-state index < -0.39 is 0 Å². The molecule has 0 unspecified atom stereocenters. The van der Waals surface area contributed by atoms with E-state index in [1.807, 2.05) is 47.0 Å². The molecule has 0 heterocycles. The molecule has 0 saturated heterocycles. The van der Waals surface area contributed by atoms with Gasteiger partial charge in [-0.2, -0.15) is 23.5 Å². The lowest BCUT2D eigenvalue weighted by atomic mass is 10.6.